The zero-order chi connectivity index (χ0) is 26.9. The summed E-state index contributed by atoms with van der Waals surface area (Å²) in [6.45, 7) is 4.37. The van der Waals surface area contributed by atoms with Crippen molar-refractivity contribution in [2.24, 2.45) is 0 Å². The van der Waals surface area contributed by atoms with E-state index in [4.69, 9.17) is 9.84 Å². The van der Waals surface area contributed by atoms with Gasteiger partial charge in [0.15, 0.2) is 0 Å². The number of anilines is 1. The van der Waals surface area contributed by atoms with Gasteiger partial charge in [0.05, 0.1) is 12.6 Å². The lowest BCUT2D eigenvalue weighted by atomic mass is 9.83. The minimum absolute atomic E-state index is 0.0799. The van der Waals surface area contributed by atoms with Crippen LogP contribution < -0.4 is 15.4 Å². The molecule has 200 valence electrons. The number of carbonyl (C=O) groups excluding carboxylic acids is 1. The molecule has 1 unspecified atom stereocenters. The maximum atomic E-state index is 13.1. The van der Waals surface area contributed by atoms with Gasteiger partial charge < -0.3 is 20.5 Å². The SMILES string of the molecule is Cc1cc(C)cc(NC(=O)NC(c2ccc(OCCCC(=O)O)cc2)c2ccc(C3CCCCC3)cc2)c1. The molecule has 1 saturated carbocycles. The van der Waals surface area contributed by atoms with Crippen molar-refractivity contribution < 1.29 is 19.4 Å². The Labute approximate surface area is 225 Å². The first-order chi connectivity index (χ1) is 18.4. The van der Waals surface area contributed by atoms with E-state index in [0.717, 1.165) is 27.9 Å². The van der Waals surface area contributed by atoms with E-state index in [1.54, 1.807) is 0 Å². The van der Waals surface area contributed by atoms with Gasteiger partial charge in [-0.25, -0.2) is 4.79 Å². The maximum absolute atomic E-state index is 13.1. The summed E-state index contributed by atoms with van der Waals surface area (Å²) in [7, 11) is 0. The predicted octanol–water partition coefficient (Wildman–Crippen LogP) is 7.51. The highest BCUT2D eigenvalue weighted by molar-refractivity contribution is 5.90. The highest BCUT2D eigenvalue weighted by atomic mass is 16.5. The van der Waals surface area contributed by atoms with Crippen molar-refractivity contribution in [1.82, 2.24) is 5.32 Å². The third-order valence-electron chi connectivity index (χ3n) is 7.12. The van der Waals surface area contributed by atoms with Gasteiger partial charge in [-0.15, -0.1) is 0 Å². The van der Waals surface area contributed by atoms with E-state index in [9.17, 15) is 9.59 Å². The van der Waals surface area contributed by atoms with Gasteiger partial charge >= 0.3 is 12.0 Å². The molecule has 2 amide bonds. The van der Waals surface area contributed by atoms with Gasteiger partial charge in [0.1, 0.15) is 5.75 Å². The van der Waals surface area contributed by atoms with Crippen LogP contribution in [0.25, 0.3) is 0 Å². The second-order valence-corrected chi connectivity index (χ2v) is 10.3. The van der Waals surface area contributed by atoms with Gasteiger partial charge in [-0.3, -0.25) is 4.79 Å². The largest absolute Gasteiger partial charge is 0.494 e. The lowest BCUT2D eigenvalue weighted by Crippen LogP contribution is -2.33. The molecule has 1 atom stereocenters. The van der Waals surface area contributed by atoms with E-state index in [2.05, 4.69) is 41.0 Å². The van der Waals surface area contributed by atoms with Crippen LogP contribution in [0.2, 0.25) is 0 Å². The number of carboxylic acid groups (broad SMARTS) is 1. The Morgan fingerprint density at radius 1 is 0.895 bits per heavy atom. The summed E-state index contributed by atoms with van der Waals surface area (Å²) in [4.78, 5) is 23.8. The van der Waals surface area contributed by atoms with Gasteiger partial charge in [-0.2, -0.15) is 0 Å². The van der Waals surface area contributed by atoms with Crippen molar-refractivity contribution >= 4 is 17.7 Å². The Kier molecular flexibility index (Phi) is 9.41. The Hall–Kier alpha value is -3.80. The third kappa shape index (κ3) is 7.85. The van der Waals surface area contributed by atoms with Crippen LogP contribution in [0.3, 0.4) is 0 Å². The predicted molar refractivity (Wildman–Crippen MR) is 151 cm³/mol. The van der Waals surface area contributed by atoms with E-state index in [-0.39, 0.29) is 18.5 Å². The Morgan fingerprint density at radius 2 is 1.50 bits per heavy atom. The van der Waals surface area contributed by atoms with Crippen LogP contribution >= 0.6 is 0 Å². The lowest BCUT2D eigenvalue weighted by molar-refractivity contribution is -0.137. The molecule has 4 rings (SSSR count). The zero-order valence-corrected chi connectivity index (χ0v) is 22.3. The average Bonchev–Trinajstić information content (AvgIpc) is 2.90. The van der Waals surface area contributed by atoms with Crippen LogP contribution in [-0.4, -0.2) is 23.7 Å². The van der Waals surface area contributed by atoms with Crippen LogP contribution in [0.4, 0.5) is 10.5 Å². The number of hydrogen-bond acceptors (Lipinski definition) is 3. The number of hydrogen-bond donors (Lipinski definition) is 3. The number of aryl methyl sites for hydroxylation is 2. The zero-order valence-electron chi connectivity index (χ0n) is 22.3. The van der Waals surface area contributed by atoms with Crippen LogP contribution in [0.15, 0.2) is 66.7 Å². The molecule has 0 aromatic heterocycles. The van der Waals surface area contributed by atoms with Crippen LogP contribution in [-0.2, 0) is 4.79 Å². The molecule has 3 aromatic carbocycles. The normalized spacial score (nSPS) is 14.5. The Morgan fingerprint density at radius 3 is 2.11 bits per heavy atom. The second-order valence-electron chi connectivity index (χ2n) is 10.3. The number of benzene rings is 3. The monoisotopic (exact) mass is 514 g/mol. The first-order valence-corrected chi connectivity index (χ1v) is 13.6. The summed E-state index contributed by atoms with van der Waals surface area (Å²) in [5, 5.41) is 15.0. The molecule has 1 aliphatic carbocycles. The molecule has 0 heterocycles. The van der Waals surface area contributed by atoms with Crippen LogP contribution in [0.1, 0.15) is 84.7 Å². The fraction of sp³-hybridized carbons (Fsp3) is 0.375. The van der Waals surface area contributed by atoms with Crippen LogP contribution in [0.5, 0.6) is 5.75 Å². The van der Waals surface area contributed by atoms with Gasteiger partial charge in [-0.05, 0) is 91.1 Å². The summed E-state index contributed by atoms with van der Waals surface area (Å²) < 4.78 is 5.70. The maximum Gasteiger partial charge on any atom is 0.319 e. The summed E-state index contributed by atoms with van der Waals surface area (Å²) in [5.74, 6) is 0.464. The molecule has 0 aliphatic heterocycles. The standard InChI is InChI=1S/C32H38N2O4/c1-22-19-23(2)21-28(20-22)33-32(37)34-31(26-12-10-25(11-13-26)24-7-4-3-5-8-24)27-14-16-29(17-15-27)38-18-6-9-30(35)36/h10-17,19-21,24,31H,3-9,18H2,1-2H3,(H,35,36)(H2,33,34,37). The Balaban J connectivity index is 1.51. The summed E-state index contributed by atoms with van der Waals surface area (Å²) in [6, 6.07) is 21.7. The quantitative estimate of drug-likeness (QED) is 0.244. The second kappa shape index (κ2) is 13.1. The molecule has 0 saturated heterocycles. The average molecular weight is 515 g/mol. The molecule has 38 heavy (non-hydrogen) atoms. The molecule has 3 N–H and O–H groups in total. The molecule has 3 aromatic rings. The smallest absolute Gasteiger partial charge is 0.319 e. The summed E-state index contributed by atoms with van der Waals surface area (Å²) >= 11 is 0. The molecule has 0 bridgehead atoms. The van der Waals surface area contributed by atoms with Gasteiger partial charge in [0.2, 0.25) is 0 Å². The van der Waals surface area contributed by atoms with E-state index in [1.165, 1.54) is 37.7 Å². The number of nitrogens with one attached hydrogen (secondary N) is 2. The van der Waals surface area contributed by atoms with Crippen molar-refractivity contribution in [3.05, 3.63) is 94.5 Å². The van der Waals surface area contributed by atoms with Crippen molar-refractivity contribution in [3.8, 4) is 5.75 Å². The fourth-order valence-corrected chi connectivity index (χ4v) is 5.27. The highest BCUT2D eigenvalue weighted by Gasteiger charge is 2.20. The van der Waals surface area contributed by atoms with Crippen molar-refractivity contribution in [2.45, 2.75) is 70.8 Å². The number of carbonyl (C=O) groups is 2. The fourth-order valence-electron chi connectivity index (χ4n) is 5.27. The minimum Gasteiger partial charge on any atom is -0.494 e. The third-order valence-corrected chi connectivity index (χ3v) is 7.12. The number of amides is 2. The van der Waals surface area contributed by atoms with Crippen molar-refractivity contribution in [1.29, 1.82) is 0 Å². The van der Waals surface area contributed by atoms with Crippen molar-refractivity contribution in [3.63, 3.8) is 0 Å². The summed E-state index contributed by atoms with van der Waals surface area (Å²) in [6.07, 6.45) is 6.93. The first kappa shape index (κ1) is 27.2. The molecular weight excluding hydrogens is 476 g/mol. The topological polar surface area (TPSA) is 87.7 Å². The van der Waals surface area contributed by atoms with E-state index >= 15 is 0 Å². The molecule has 6 nitrogen and oxygen atoms in total. The number of carboxylic acids is 1. The van der Waals surface area contributed by atoms with Crippen molar-refractivity contribution in [2.75, 3.05) is 11.9 Å². The van der Waals surface area contributed by atoms with E-state index in [1.807, 2.05) is 50.2 Å². The molecule has 1 fully saturated rings. The number of rotatable bonds is 10. The highest BCUT2D eigenvalue weighted by Crippen LogP contribution is 2.34. The minimum atomic E-state index is -0.827. The molecule has 0 spiro atoms. The number of urea groups is 1. The summed E-state index contributed by atoms with van der Waals surface area (Å²) in [5.41, 5.74) is 6.26. The number of aliphatic carboxylic acids is 1. The molecule has 0 radical (unpaired) electrons. The lowest BCUT2D eigenvalue weighted by Gasteiger charge is -2.24. The molecule has 1 aliphatic rings. The Bertz CT molecular complexity index is 1190. The van der Waals surface area contributed by atoms with E-state index < -0.39 is 5.97 Å². The van der Waals surface area contributed by atoms with Gasteiger partial charge in [0, 0.05) is 12.1 Å². The van der Waals surface area contributed by atoms with Gasteiger partial charge in [0.25, 0.3) is 0 Å². The first-order valence-electron chi connectivity index (χ1n) is 13.6. The molecule has 6 heteroatoms. The van der Waals surface area contributed by atoms with Crippen LogP contribution in [0, 0.1) is 13.8 Å². The van der Waals surface area contributed by atoms with Gasteiger partial charge in [-0.1, -0.05) is 61.7 Å². The number of ether oxygens (including phenoxy) is 1. The molecular formula is C32H38N2O4. The van der Waals surface area contributed by atoms with E-state index in [0.29, 0.717) is 24.7 Å².